The number of rotatable bonds is 6. The molecule has 2 aromatic rings. The van der Waals surface area contributed by atoms with Gasteiger partial charge in [-0.1, -0.05) is 71.9 Å². The Morgan fingerprint density at radius 1 is 0.966 bits per heavy atom. The van der Waals surface area contributed by atoms with E-state index in [1.807, 2.05) is 30.3 Å². The van der Waals surface area contributed by atoms with Gasteiger partial charge in [-0.3, -0.25) is 0 Å². The maximum absolute atomic E-state index is 12.1. The van der Waals surface area contributed by atoms with Gasteiger partial charge in [0.25, 0.3) is 0 Å². The number of carbonyl (C=O) groups is 1. The second-order valence-electron chi connectivity index (χ2n) is 9.75. The summed E-state index contributed by atoms with van der Waals surface area (Å²) in [4.78, 5) is 12.1. The van der Waals surface area contributed by atoms with Gasteiger partial charge in [0.2, 0.25) is 9.04 Å². The van der Waals surface area contributed by atoms with Crippen molar-refractivity contribution < 1.29 is 19.1 Å². The smallest absolute Gasteiger partial charge is 0.339 e. The first-order valence-corrected chi connectivity index (χ1v) is 12.9. The maximum atomic E-state index is 12.1. The van der Waals surface area contributed by atoms with E-state index in [4.69, 9.17) is 9.16 Å². The Morgan fingerprint density at radius 2 is 1.52 bits per heavy atom. The van der Waals surface area contributed by atoms with Gasteiger partial charge < -0.3 is 14.3 Å². The van der Waals surface area contributed by atoms with Gasteiger partial charge in [0, 0.05) is 11.1 Å². The van der Waals surface area contributed by atoms with Crippen LogP contribution >= 0.6 is 0 Å². The predicted octanol–water partition coefficient (Wildman–Crippen LogP) is 5.92. The summed E-state index contributed by atoms with van der Waals surface area (Å²) in [5, 5.41) is 9.95. The van der Waals surface area contributed by atoms with E-state index in [1.165, 1.54) is 0 Å². The van der Waals surface area contributed by atoms with Crippen molar-refractivity contribution in [1.29, 1.82) is 0 Å². The van der Waals surface area contributed by atoms with Gasteiger partial charge in [-0.05, 0) is 35.6 Å². The predicted molar refractivity (Wildman–Crippen MR) is 121 cm³/mol. The lowest BCUT2D eigenvalue weighted by Crippen LogP contribution is -2.27. The number of hydrogen-bond acceptors (Lipinski definition) is 3. The van der Waals surface area contributed by atoms with Gasteiger partial charge >= 0.3 is 5.97 Å². The van der Waals surface area contributed by atoms with E-state index >= 15 is 0 Å². The number of carboxylic acids is 1. The van der Waals surface area contributed by atoms with Gasteiger partial charge in [-0.2, -0.15) is 0 Å². The number of benzene rings is 2. The third kappa shape index (κ3) is 5.63. The Kier molecular flexibility index (Phi) is 6.84. The molecule has 0 spiro atoms. The van der Waals surface area contributed by atoms with Crippen LogP contribution in [0, 0.1) is 0 Å². The average molecular weight is 415 g/mol. The standard InChI is InChI=1S/C24H34O4Si/c1-23(2,3)19-18(27-15-16-12-10-9-11-13-16)14-17(22(25)26)21(28-29(7)8)20(19)24(4,5)6/h9-14,29H,15H2,1-8H3,(H,25,26). The van der Waals surface area contributed by atoms with E-state index in [0.29, 0.717) is 18.1 Å². The molecule has 2 rings (SSSR count). The molecule has 0 heterocycles. The lowest BCUT2D eigenvalue weighted by atomic mass is 9.73. The van der Waals surface area contributed by atoms with Crippen molar-refractivity contribution in [1.82, 2.24) is 0 Å². The maximum Gasteiger partial charge on any atom is 0.339 e. The highest BCUT2D eigenvalue weighted by atomic mass is 28.3. The van der Waals surface area contributed by atoms with Crippen LogP contribution in [0.25, 0.3) is 0 Å². The molecule has 0 aliphatic carbocycles. The van der Waals surface area contributed by atoms with Gasteiger partial charge in [-0.15, -0.1) is 0 Å². The molecule has 158 valence electrons. The summed E-state index contributed by atoms with van der Waals surface area (Å²) in [6, 6.07) is 11.6. The van der Waals surface area contributed by atoms with Gasteiger partial charge in [-0.25, -0.2) is 4.79 Å². The van der Waals surface area contributed by atoms with Gasteiger partial charge in [0.1, 0.15) is 23.7 Å². The molecule has 0 fully saturated rings. The first-order valence-electron chi connectivity index (χ1n) is 10.1. The molecule has 1 N–H and O–H groups in total. The molecule has 0 bridgehead atoms. The summed E-state index contributed by atoms with van der Waals surface area (Å²) >= 11 is 0. The van der Waals surface area contributed by atoms with Gasteiger partial charge in [0.05, 0.1) is 0 Å². The molecule has 0 aliphatic rings. The lowest BCUT2D eigenvalue weighted by Gasteiger charge is -2.35. The summed E-state index contributed by atoms with van der Waals surface area (Å²) in [5.41, 5.74) is 2.59. The Hall–Kier alpha value is -2.27. The summed E-state index contributed by atoms with van der Waals surface area (Å²) in [6.07, 6.45) is 0. The van der Waals surface area contributed by atoms with Crippen molar-refractivity contribution in [2.75, 3.05) is 0 Å². The molecule has 0 radical (unpaired) electrons. The van der Waals surface area contributed by atoms with Crippen molar-refractivity contribution >= 4 is 15.0 Å². The van der Waals surface area contributed by atoms with Crippen LogP contribution in [0.2, 0.25) is 13.1 Å². The first-order chi connectivity index (χ1) is 13.3. The molecule has 0 atom stereocenters. The van der Waals surface area contributed by atoms with Crippen molar-refractivity contribution in [3.8, 4) is 11.5 Å². The van der Waals surface area contributed by atoms with E-state index < -0.39 is 15.0 Å². The molecule has 29 heavy (non-hydrogen) atoms. The van der Waals surface area contributed by atoms with Crippen LogP contribution in [-0.2, 0) is 17.4 Å². The molecule has 0 saturated carbocycles. The molecule has 0 aromatic heterocycles. The third-order valence-electron chi connectivity index (χ3n) is 4.56. The van der Waals surface area contributed by atoms with E-state index in [-0.39, 0.29) is 16.4 Å². The Labute approximate surface area is 176 Å². The average Bonchev–Trinajstić information content (AvgIpc) is 2.58. The monoisotopic (exact) mass is 414 g/mol. The number of aromatic carboxylic acids is 1. The van der Waals surface area contributed by atoms with Crippen LogP contribution in [0.4, 0.5) is 0 Å². The Morgan fingerprint density at radius 3 is 1.97 bits per heavy atom. The minimum absolute atomic E-state index is 0.173. The fourth-order valence-electron chi connectivity index (χ4n) is 3.47. The van der Waals surface area contributed by atoms with Crippen molar-refractivity contribution in [3.63, 3.8) is 0 Å². The normalized spacial score (nSPS) is 12.2. The highest BCUT2D eigenvalue weighted by Gasteiger charge is 2.35. The summed E-state index contributed by atoms with van der Waals surface area (Å²) < 4.78 is 12.4. The number of hydrogen-bond donors (Lipinski definition) is 1. The highest BCUT2D eigenvalue weighted by Crippen LogP contribution is 2.47. The van der Waals surface area contributed by atoms with E-state index in [9.17, 15) is 9.90 Å². The zero-order valence-corrected chi connectivity index (χ0v) is 20.1. The minimum Gasteiger partial charge on any atom is -0.546 e. The van der Waals surface area contributed by atoms with Crippen LogP contribution in [0.1, 0.15) is 68.6 Å². The van der Waals surface area contributed by atoms with Crippen LogP contribution in [0.5, 0.6) is 11.5 Å². The molecular weight excluding hydrogens is 380 g/mol. The summed E-state index contributed by atoms with van der Waals surface area (Å²) in [7, 11) is -1.53. The van der Waals surface area contributed by atoms with Crippen LogP contribution in [0.15, 0.2) is 36.4 Å². The highest BCUT2D eigenvalue weighted by molar-refractivity contribution is 6.49. The lowest BCUT2D eigenvalue weighted by molar-refractivity contribution is 0.0694. The van der Waals surface area contributed by atoms with Crippen molar-refractivity contribution in [3.05, 3.63) is 58.7 Å². The Balaban J connectivity index is 2.77. The quantitative estimate of drug-likeness (QED) is 0.596. The molecule has 2 aromatic carbocycles. The molecule has 4 nitrogen and oxygen atoms in total. The molecule has 0 aliphatic heterocycles. The summed E-state index contributed by atoms with van der Waals surface area (Å²) in [5.74, 6) is 0.121. The minimum atomic E-state index is -1.53. The van der Waals surface area contributed by atoms with E-state index in [2.05, 4.69) is 54.6 Å². The second kappa shape index (κ2) is 8.62. The van der Waals surface area contributed by atoms with Crippen molar-refractivity contribution in [2.45, 2.75) is 72.1 Å². The third-order valence-corrected chi connectivity index (χ3v) is 5.27. The molecular formula is C24H34O4Si. The van der Waals surface area contributed by atoms with Crippen LogP contribution in [-0.4, -0.2) is 20.1 Å². The van der Waals surface area contributed by atoms with Crippen LogP contribution < -0.4 is 9.16 Å². The topological polar surface area (TPSA) is 55.8 Å². The molecule has 0 saturated heterocycles. The zero-order valence-electron chi connectivity index (χ0n) is 18.9. The fraction of sp³-hybridized carbons (Fsp3) is 0.458. The molecule has 0 unspecified atom stereocenters. The number of carboxylic acid groups (broad SMARTS) is 1. The van der Waals surface area contributed by atoms with Crippen molar-refractivity contribution in [2.24, 2.45) is 0 Å². The van der Waals surface area contributed by atoms with Crippen LogP contribution in [0.3, 0.4) is 0 Å². The summed E-state index contributed by atoms with van der Waals surface area (Å²) in [6.45, 7) is 17.2. The SMILES string of the molecule is C[SiH](C)Oc1c(C(=O)O)cc(OCc2ccccc2)c(C(C)(C)C)c1C(C)(C)C. The molecule has 0 amide bonds. The molecule has 5 heteroatoms. The Bertz CT molecular complexity index is 859. The number of ether oxygens (including phenoxy) is 1. The van der Waals surface area contributed by atoms with Gasteiger partial charge in [0.15, 0.2) is 0 Å². The second-order valence-corrected chi connectivity index (χ2v) is 12.1. The largest absolute Gasteiger partial charge is 0.546 e. The zero-order chi connectivity index (χ0) is 22.0. The van der Waals surface area contributed by atoms with E-state index in [0.717, 1.165) is 16.7 Å². The van der Waals surface area contributed by atoms with E-state index in [1.54, 1.807) is 6.07 Å². The first kappa shape index (κ1) is 23.0. The fourth-order valence-corrected chi connectivity index (χ4v) is 4.18.